The number of ether oxygens (including phenoxy) is 1. The van der Waals surface area contributed by atoms with Gasteiger partial charge in [-0.05, 0) is 69.5 Å². The van der Waals surface area contributed by atoms with Crippen LogP contribution < -0.4 is 4.74 Å². The molecule has 2 fully saturated rings. The van der Waals surface area contributed by atoms with Gasteiger partial charge < -0.3 is 9.64 Å². The van der Waals surface area contributed by atoms with E-state index in [1.165, 1.54) is 0 Å². The molecule has 4 heteroatoms. The molecule has 1 aromatic carbocycles. The number of piperidine rings is 1. The van der Waals surface area contributed by atoms with Crippen LogP contribution >= 0.6 is 0 Å². The number of likely N-dealkylation sites (tertiary alicyclic amines) is 1. The molecule has 0 spiro atoms. The summed E-state index contributed by atoms with van der Waals surface area (Å²) >= 11 is 0. The largest absolute Gasteiger partial charge is 0.497 e. The predicted octanol–water partition coefficient (Wildman–Crippen LogP) is 3.28. The van der Waals surface area contributed by atoms with Gasteiger partial charge in [0.15, 0.2) is 5.78 Å². The number of ketones is 1. The normalized spacial score (nSPS) is 25.9. The summed E-state index contributed by atoms with van der Waals surface area (Å²) < 4.78 is 5.14. The molecule has 1 heterocycles. The van der Waals surface area contributed by atoms with Crippen molar-refractivity contribution in [1.82, 2.24) is 4.90 Å². The average Bonchev–Trinajstić information content (AvgIpc) is 3.10. The Kier molecular flexibility index (Phi) is 4.97. The highest BCUT2D eigenvalue weighted by atomic mass is 16.5. The molecular weight excluding hydrogens is 288 g/mol. The third-order valence-electron chi connectivity index (χ3n) is 5.38. The standard InChI is InChI=1S/C19H24N2O2/c1-23-18-6-3-15(4-7-18)19(22)16-8-10-21(11-9-16)17-5-2-14(12-17)13-20/h3-4,6-7,14,16-17H,2,5,8-12H2,1H3/t14-,17-/m0/s1. The van der Waals surface area contributed by atoms with Gasteiger partial charge in [-0.25, -0.2) is 0 Å². The van der Waals surface area contributed by atoms with E-state index in [9.17, 15) is 4.79 Å². The highest BCUT2D eigenvalue weighted by molar-refractivity contribution is 5.98. The van der Waals surface area contributed by atoms with E-state index in [1.807, 2.05) is 24.3 Å². The summed E-state index contributed by atoms with van der Waals surface area (Å²) in [7, 11) is 1.63. The zero-order valence-corrected chi connectivity index (χ0v) is 13.7. The maximum Gasteiger partial charge on any atom is 0.166 e. The van der Waals surface area contributed by atoms with Crippen LogP contribution in [0.1, 0.15) is 42.5 Å². The molecule has 1 saturated carbocycles. The second kappa shape index (κ2) is 7.14. The first-order chi connectivity index (χ1) is 11.2. The van der Waals surface area contributed by atoms with Crippen molar-refractivity contribution in [3.63, 3.8) is 0 Å². The molecule has 1 saturated heterocycles. The Morgan fingerprint density at radius 3 is 2.43 bits per heavy atom. The summed E-state index contributed by atoms with van der Waals surface area (Å²) in [5.74, 6) is 1.41. The lowest BCUT2D eigenvalue weighted by atomic mass is 9.88. The number of carbonyl (C=O) groups excluding carboxylic acids is 1. The fourth-order valence-corrected chi connectivity index (χ4v) is 3.92. The van der Waals surface area contributed by atoms with E-state index in [0.717, 1.165) is 56.5 Å². The lowest BCUT2D eigenvalue weighted by Gasteiger charge is -2.35. The van der Waals surface area contributed by atoms with Crippen molar-refractivity contribution in [3.8, 4) is 11.8 Å². The van der Waals surface area contributed by atoms with Crippen LogP contribution in [-0.4, -0.2) is 36.9 Å². The summed E-state index contributed by atoms with van der Waals surface area (Å²) in [5, 5.41) is 9.04. The lowest BCUT2D eigenvalue weighted by molar-refractivity contribution is 0.0792. The Morgan fingerprint density at radius 1 is 1.17 bits per heavy atom. The van der Waals surface area contributed by atoms with Crippen LogP contribution in [-0.2, 0) is 0 Å². The van der Waals surface area contributed by atoms with Crippen molar-refractivity contribution in [3.05, 3.63) is 29.8 Å². The maximum absolute atomic E-state index is 12.6. The first kappa shape index (κ1) is 16.0. The molecule has 2 atom stereocenters. The van der Waals surface area contributed by atoms with Gasteiger partial charge in [0.1, 0.15) is 5.75 Å². The van der Waals surface area contributed by atoms with Crippen molar-refractivity contribution in [2.45, 2.75) is 38.1 Å². The number of methoxy groups -OCH3 is 1. The molecular formula is C19H24N2O2. The fraction of sp³-hybridized carbons (Fsp3) is 0.579. The lowest BCUT2D eigenvalue weighted by Crippen LogP contribution is -2.41. The van der Waals surface area contributed by atoms with E-state index < -0.39 is 0 Å². The molecule has 122 valence electrons. The molecule has 1 aromatic rings. The van der Waals surface area contributed by atoms with Gasteiger partial charge in [-0.2, -0.15) is 5.26 Å². The Balaban J connectivity index is 1.54. The van der Waals surface area contributed by atoms with Gasteiger partial charge in [0.25, 0.3) is 0 Å². The monoisotopic (exact) mass is 312 g/mol. The summed E-state index contributed by atoms with van der Waals surface area (Å²) in [6, 6.07) is 10.4. The first-order valence-electron chi connectivity index (χ1n) is 8.53. The minimum atomic E-state index is 0.132. The van der Waals surface area contributed by atoms with Gasteiger partial charge in [0.2, 0.25) is 0 Å². The summed E-state index contributed by atoms with van der Waals surface area (Å²) in [5.41, 5.74) is 0.787. The molecule has 0 N–H and O–H groups in total. The topological polar surface area (TPSA) is 53.3 Å². The number of nitriles is 1. The van der Waals surface area contributed by atoms with Gasteiger partial charge in [0, 0.05) is 23.4 Å². The van der Waals surface area contributed by atoms with Crippen molar-refractivity contribution >= 4 is 5.78 Å². The molecule has 0 amide bonds. The van der Waals surface area contributed by atoms with Crippen LogP contribution in [0.3, 0.4) is 0 Å². The predicted molar refractivity (Wildman–Crippen MR) is 88.4 cm³/mol. The zero-order chi connectivity index (χ0) is 16.2. The van der Waals surface area contributed by atoms with E-state index in [-0.39, 0.29) is 17.6 Å². The third kappa shape index (κ3) is 3.56. The average molecular weight is 312 g/mol. The Morgan fingerprint density at radius 2 is 1.87 bits per heavy atom. The molecule has 0 aromatic heterocycles. The van der Waals surface area contributed by atoms with E-state index >= 15 is 0 Å². The zero-order valence-electron chi connectivity index (χ0n) is 13.7. The third-order valence-corrected chi connectivity index (χ3v) is 5.38. The van der Waals surface area contributed by atoms with Crippen molar-refractivity contribution < 1.29 is 9.53 Å². The molecule has 3 rings (SSSR count). The molecule has 4 nitrogen and oxygen atoms in total. The number of hydrogen-bond acceptors (Lipinski definition) is 4. The van der Waals surface area contributed by atoms with Crippen LogP contribution in [0.2, 0.25) is 0 Å². The number of nitrogens with zero attached hydrogens (tertiary/aromatic N) is 2. The quantitative estimate of drug-likeness (QED) is 0.801. The van der Waals surface area contributed by atoms with Gasteiger partial charge in [0.05, 0.1) is 13.2 Å². The molecule has 1 aliphatic heterocycles. The smallest absolute Gasteiger partial charge is 0.166 e. The number of hydrogen-bond donors (Lipinski definition) is 0. The minimum absolute atomic E-state index is 0.132. The van der Waals surface area contributed by atoms with Gasteiger partial charge >= 0.3 is 0 Å². The Labute approximate surface area is 138 Å². The molecule has 0 radical (unpaired) electrons. The van der Waals surface area contributed by atoms with Gasteiger partial charge in [-0.3, -0.25) is 4.79 Å². The summed E-state index contributed by atoms with van der Waals surface area (Å²) in [4.78, 5) is 15.1. The van der Waals surface area contributed by atoms with Crippen molar-refractivity contribution in [1.29, 1.82) is 5.26 Å². The minimum Gasteiger partial charge on any atom is -0.497 e. The number of benzene rings is 1. The van der Waals surface area contributed by atoms with E-state index in [4.69, 9.17) is 10.00 Å². The highest BCUT2D eigenvalue weighted by Gasteiger charge is 2.33. The molecule has 0 unspecified atom stereocenters. The SMILES string of the molecule is COc1ccc(C(=O)C2CCN([C@H]3CC[C@H](C#N)C3)CC2)cc1. The van der Waals surface area contributed by atoms with Crippen LogP contribution in [0.25, 0.3) is 0 Å². The van der Waals surface area contributed by atoms with Crippen LogP contribution in [0.4, 0.5) is 0 Å². The maximum atomic E-state index is 12.6. The fourth-order valence-electron chi connectivity index (χ4n) is 3.92. The Bertz CT molecular complexity index is 582. The van der Waals surface area contributed by atoms with Crippen LogP contribution in [0.5, 0.6) is 5.75 Å². The first-order valence-corrected chi connectivity index (χ1v) is 8.53. The summed E-state index contributed by atoms with van der Waals surface area (Å²) in [6.07, 6.45) is 5.03. The van der Waals surface area contributed by atoms with Crippen molar-refractivity contribution in [2.24, 2.45) is 11.8 Å². The van der Waals surface area contributed by atoms with Crippen LogP contribution in [0.15, 0.2) is 24.3 Å². The number of rotatable bonds is 4. The second-order valence-electron chi connectivity index (χ2n) is 6.70. The van der Waals surface area contributed by atoms with E-state index in [1.54, 1.807) is 7.11 Å². The second-order valence-corrected chi connectivity index (χ2v) is 6.70. The molecule has 0 bridgehead atoms. The van der Waals surface area contributed by atoms with E-state index in [2.05, 4.69) is 11.0 Å². The van der Waals surface area contributed by atoms with Crippen LogP contribution in [0, 0.1) is 23.2 Å². The Hall–Kier alpha value is -1.86. The number of Topliss-reactive ketones (excluding diaryl/α,β-unsaturated/α-hetero) is 1. The highest BCUT2D eigenvalue weighted by Crippen LogP contribution is 2.32. The molecule has 2 aliphatic rings. The number of carbonyl (C=O) groups is 1. The van der Waals surface area contributed by atoms with E-state index in [0.29, 0.717) is 6.04 Å². The summed E-state index contributed by atoms with van der Waals surface area (Å²) in [6.45, 7) is 1.96. The molecule has 23 heavy (non-hydrogen) atoms. The van der Waals surface area contributed by atoms with Gasteiger partial charge in [-0.15, -0.1) is 0 Å². The van der Waals surface area contributed by atoms with Crippen molar-refractivity contribution in [2.75, 3.05) is 20.2 Å². The van der Waals surface area contributed by atoms with Gasteiger partial charge in [-0.1, -0.05) is 0 Å². The molecule has 1 aliphatic carbocycles.